The average Bonchev–Trinajstić information content (AvgIpc) is 3.14. The predicted octanol–water partition coefficient (Wildman–Crippen LogP) is 4.38. The first-order valence-corrected chi connectivity index (χ1v) is 9.40. The summed E-state index contributed by atoms with van der Waals surface area (Å²) in [4.78, 5) is 5.59. The second kappa shape index (κ2) is 9.43. The Morgan fingerprint density at radius 3 is 2.80 bits per heavy atom. The lowest BCUT2D eigenvalue weighted by Gasteiger charge is -2.22. The Morgan fingerprint density at radius 2 is 2.08 bits per heavy atom. The summed E-state index contributed by atoms with van der Waals surface area (Å²) in [6.45, 7) is 2.71. The molecule has 136 valence electrons. The van der Waals surface area contributed by atoms with Crippen molar-refractivity contribution in [2.75, 3.05) is 7.05 Å². The zero-order chi connectivity index (χ0) is 16.9. The Kier molecular flexibility index (Phi) is 7.56. The van der Waals surface area contributed by atoms with Crippen LogP contribution in [-0.2, 0) is 19.4 Å². The largest absolute Gasteiger partial charge is 0.508 e. The van der Waals surface area contributed by atoms with Crippen molar-refractivity contribution >= 4 is 41.3 Å². The molecule has 1 aliphatic carbocycles. The van der Waals surface area contributed by atoms with E-state index in [1.165, 1.54) is 28.8 Å². The van der Waals surface area contributed by atoms with Gasteiger partial charge in [-0.05, 0) is 61.2 Å². The van der Waals surface area contributed by atoms with Crippen molar-refractivity contribution in [2.24, 2.45) is 4.99 Å². The number of hydrogen-bond donors (Lipinski definition) is 3. The summed E-state index contributed by atoms with van der Waals surface area (Å²) in [7, 11) is 1.77. The first-order chi connectivity index (χ1) is 11.7. The van der Waals surface area contributed by atoms with E-state index in [1.807, 2.05) is 6.07 Å². The number of nitrogens with zero attached hydrogens (tertiary/aromatic N) is 1. The summed E-state index contributed by atoms with van der Waals surface area (Å²) in [6.07, 6.45) is 4.61. The molecule has 0 spiro atoms. The van der Waals surface area contributed by atoms with E-state index in [0.717, 1.165) is 24.4 Å². The van der Waals surface area contributed by atoms with E-state index in [4.69, 9.17) is 0 Å². The van der Waals surface area contributed by atoms with E-state index in [1.54, 1.807) is 18.4 Å². The molecule has 0 fully saturated rings. The van der Waals surface area contributed by atoms with E-state index in [0.29, 0.717) is 12.3 Å². The highest BCUT2D eigenvalue weighted by Crippen LogP contribution is 2.30. The maximum atomic E-state index is 10.3. The Hall–Kier alpha value is -1.28. The van der Waals surface area contributed by atoms with Crippen molar-refractivity contribution in [3.8, 4) is 5.75 Å². The molecule has 1 unspecified atom stereocenters. The number of fused-ring (bicyclic) bond motifs is 1. The lowest BCUT2D eigenvalue weighted by atomic mass is 9.88. The van der Waals surface area contributed by atoms with Gasteiger partial charge in [-0.3, -0.25) is 4.99 Å². The van der Waals surface area contributed by atoms with Crippen molar-refractivity contribution < 1.29 is 5.11 Å². The summed E-state index contributed by atoms with van der Waals surface area (Å²) < 4.78 is 0. The van der Waals surface area contributed by atoms with E-state index < -0.39 is 0 Å². The van der Waals surface area contributed by atoms with Crippen LogP contribution in [0.3, 0.4) is 0 Å². The molecule has 0 amide bonds. The molecule has 1 heterocycles. The lowest BCUT2D eigenvalue weighted by molar-refractivity contribution is 0.464. The van der Waals surface area contributed by atoms with Crippen molar-refractivity contribution in [3.05, 3.63) is 51.2 Å². The van der Waals surface area contributed by atoms with Gasteiger partial charge in [0.2, 0.25) is 0 Å². The second-order valence-electron chi connectivity index (χ2n) is 6.22. The van der Waals surface area contributed by atoms with Crippen molar-refractivity contribution in [1.29, 1.82) is 0 Å². The quantitative estimate of drug-likeness (QED) is 0.353. The Labute approximate surface area is 170 Å². The average molecular weight is 471 g/mol. The van der Waals surface area contributed by atoms with Gasteiger partial charge >= 0.3 is 0 Å². The minimum Gasteiger partial charge on any atom is -0.508 e. The minimum absolute atomic E-state index is 0. The number of nitrogens with one attached hydrogen (secondary N) is 2. The highest BCUT2D eigenvalue weighted by molar-refractivity contribution is 14.0. The number of thiophene rings is 1. The number of aliphatic imine (C=N–C) groups is 1. The van der Waals surface area contributed by atoms with Crippen LogP contribution in [0.25, 0.3) is 0 Å². The summed E-state index contributed by atoms with van der Waals surface area (Å²) in [5.41, 5.74) is 3.71. The molecular formula is C19H26IN3OS. The third kappa shape index (κ3) is 4.88. The van der Waals surface area contributed by atoms with Gasteiger partial charge < -0.3 is 15.7 Å². The fraction of sp³-hybridized carbons (Fsp3) is 0.421. The first-order valence-electron chi connectivity index (χ1n) is 8.52. The molecule has 0 saturated carbocycles. The molecule has 1 atom stereocenters. The van der Waals surface area contributed by atoms with Crippen molar-refractivity contribution in [2.45, 2.75) is 45.2 Å². The molecule has 25 heavy (non-hydrogen) atoms. The number of benzene rings is 1. The van der Waals surface area contributed by atoms with Gasteiger partial charge in [0.15, 0.2) is 5.96 Å². The molecule has 0 saturated heterocycles. The highest BCUT2D eigenvalue weighted by atomic mass is 127. The molecule has 0 radical (unpaired) electrons. The van der Waals surface area contributed by atoms with E-state index >= 15 is 0 Å². The number of phenols is 1. The summed E-state index contributed by atoms with van der Waals surface area (Å²) in [5.74, 6) is 1.13. The normalized spacial score (nSPS) is 15.0. The highest BCUT2D eigenvalue weighted by Gasteiger charge is 2.17. The number of phenolic OH excluding ortho intramolecular Hbond substituents is 1. The lowest BCUT2D eigenvalue weighted by Crippen LogP contribution is -2.38. The Morgan fingerprint density at radius 1 is 1.28 bits per heavy atom. The number of hydrogen-bond acceptors (Lipinski definition) is 3. The Bertz CT molecular complexity index is 716. The van der Waals surface area contributed by atoms with Gasteiger partial charge in [0.1, 0.15) is 5.75 Å². The minimum atomic E-state index is 0. The third-order valence-corrected chi connectivity index (χ3v) is 5.66. The number of rotatable bonds is 4. The second-order valence-corrected chi connectivity index (χ2v) is 7.19. The number of guanidine groups is 1. The van der Waals surface area contributed by atoms with E-state index in [9.17, 15) is 5.11 Å². The third-order valence-electron chi connectivity index (χ3n) is 4.61. The van der Waals surface area contributed by atoms with Crippen molar-refractivity contribution in [1.82, 2.24) is 10.6 Å². The number of halogens is 1. The maximum absolute atomic E-state index is 10.3. The van der Waals surface area contributed by atoms with E-state index in [-0.39, 0.29) is 30.0 Å². The molecule has 2 aromatic rings. The summed E-state index contributed by atoms with van der Waals surface area (Å²) in [5, 5.41) is 19.1. The van der Waals surface area contributed by atoms with Gasteiger partial charge in [0.05, 0.1) is 6.04 Å². The predicted molar refractivity (Wildman–Crippen MR) is 116 cm³/mol. The zero-order valence-corrected chi connectivity index (χ0v) is 17.9. The topological polar surface area (TPSA) is 56.7 Å². The van der Waals surface area contributed by atoms with Crippen LogP contribution in [0, 0.1) is 0 Å². The fourth-order valence-electron chi connectivity index (χ4n) is 3.27. The molecule has 1 aromatic carbocycles. The van der Waals surface area contributed by atoms with Crippen LogP contribution in [0.2, 0.25) is 0 Å². The molecular weight excluding hydrogens is 445 g/mol. The van der Waals surface area contributed by atoms with E-state index in [2.05, 4.69) is 46.1 Å². The van der Waals surface area contributed by atoms with Crippen LogP contribution in [0.1, 0.15) is 47.4 Å². The molecule has 0 bridgehead atoms. The van der Waals surface area contributed by atoms with Crippen LogP contribution in [0.15, 0.2) is 34.6 Å². The van der Waals surface area contributed by atoms with Gasteiger partial charge in [-0.25, -0.2) is 0 Å². The molecule has 4 nitrogen and oxygen atoms in total. The molecule has 3 rings (SSSR count). The molecule has 1 aromatic heterocycles. The SMILES string of the molecule is CN=C(NCc1c(O)ccc2c1CCCC2)NC(C)c1cccs1.I. The van der Waals surface area contributed by atoms with Gasteiger partial charge in [-0.2, -0.15) is 0 Å². The van der Waals surface area contributed by atoms with Crippen LogP contribution in [-0.4, -0.2) is 18.1 Å². The van der Waals surface area contributed by atoms with Gasteiger partial charge in [0, 0.05) is 24.0 Å². The zero-order valence-electron chi connectivity index (χ0n) is 14.7. The molecule has 1 aliphatic rings. The summed E-state index contributed by atoms with van der Waals surface area (Å²) >= 11 is 1.73. The van der Waals surface area contributed by atoms with Gasteiger partial charge in [-0.15, -0.1) is 35.3 Å². The van der Waals surface area contributed by atoms with Crippen LogP contribution in [0.4, 0.5) is 0 Å². The van der Waals surface area contributed by atoms with Gasteiger partial charge in [0.25, 0.3) is 0 Å². The monoisotopic (exact) mass is 471 g/mol. The van der Waals surface area contributed by atoms with Gasteiger partial charge in [-0.1, -0.05) is 12.1 Å². The standard InChI is InChI=1S/C19H25N3OS.HI/c1-13(18-8-5-11-24-18)22-19(20-2)21-12-16-15-7-4-3-6-14(15)9-10-17(16)23;/h5,8-11,13,23H,3-4,6-7,12H2,1-2H3,(H2,20,21,22);1H. The number of aromatic hydroxyl groups is 1. The summed E-state index contributed by atoms with van der Waals surface area (Å²) in [6, 6.07) is 8.28. The van der Waals surface area contributed by atoms with Crippen LogP contribution in [0.5, 0.6) is 5.75 Å². The smallest absolute Gasteiger partial charge is 0.191 e. The van der Waals surface area contributed by atoms with Crippen LogP contribution < -0.4 is 10.6 Å². The Balaban J connectivity index is 0.00000225. The first kappa shape index (κ1) is 20.0. The van der Waals surface area contributed by atoms with Crippen molar-refractivity contribution in [3.63, 3.8) is 0 Å². The molecule has 0 aliphatic heterocycles. The number of aryl methyl sites for hydroxylation is 1. The van der Waals surface area contributed by atoms with Crippen LogP contribution >= 0.6 is 35.3 Å². The molecule has 3 N–H and O–H groups in total. The molecule has 6 heteroatoms. The maximum Gasteiger partial charge on any atom is 0.191 e. The fourth-order valence-corrected chi connectivity index (χ4v) is 4.00.